The van der Waals surface area contributed by atoms with Crippen LogP contribution in [0.25, 0.3) is 10.2 Å². The number of aryl methyl sites for hydroxylation is 2. The third-order valence-electron chi connectivity index (χ3n) is 5.78. The number of benzene rings is 1. The maximum absolute atomic E-state index is 12.7. The van der Waals surface area contributed by atoms with Gasteiger partial charge in [0.2, 0.25) is 5.91 Å². The molecule has 1 aromatic carbocycles. The van der Waals surface area contributed by atoms with E-state index >= 15 is 0 Å². The first-order chi connectivity index (χ1) is 17.2. The minimum absolute atomic E-state index is 0.189. The van der Waals surface area contributed by atoms with E-state index in [1.165, 1.54) is 22.7 Å². The molecule has 36 heavy (non-hydrogen) atoms. The Hall–Kier alpha value is -2.83. The molecule has 2 heterocycles. The number of anilines is 1. The van der Waals surface area contributed by atoms with E-state index in [-0.39, 0.29) is 6.61 Å². The molecule has 0 spiro atoms. The number of para-hydroxylation sites is 1. The van der Waals surface area contributed by atoms with E-state index in [1.54, 1.807) is 18.5 Å². The predicted octanol–water partition coefficient (Wildman–Crippen LogP) is 3.23. The van der Waals surface area contributed by atoms with Gasteiger partial charge in [-0.15, -0.1) is 11.3 Å². The molecule has 4 rings (SSSR count). The van der Waals surface area contributed by atoms with Gasteiger partial charge in [0.15, 0.2) is 14.6 Å². The molecule has 0 radical (unpaired) electrons. The largest absolute Gasteiger partial charge is 0.462 e. The number of nitrogens with one attached hydrogen (secondary N) is 1. The normalized spacial score (nSPS) is 14.3. The lowest BCUT2D eigenvalue weighted by atomic mass is 10.1. The highest BCUT2D eigenvalue weighted by molar-refractivity contribution is 7.92. The molecule has 2 amide bonds. The van der Waals surface area contributed by atoms with Crippen molar-refractivity contribution in [1.82, 2.24) is 4.57 Å². The molecule has 3 aromatic rings. The Kier molecular flexibility index (Phi) is 8.06. The molecule has 0 unspecified atom stereocenters. The zero-order chi connectivity index (χ0) is 25.9. The topological polar surface area (TPSA) is 124 Å². The summed E-state index contributed by atoms with van der Waals surface area (Å²) in [7, 11) is -2.34. The van der Waals surface area contributed by atoms with Gasteiger partial charge in [0, 0.05) is 11.9 Å². The van der Waals surface area contributed by atoms with E-state index in [0.29, 0.717) is 21.8 Å². The maximum atomic E-state index is 12.7. The summed E-state index contributed by atoms with van der Waals surface area (Å²) in [6.45, 7) is 1.89. The quantitative estimate of drug-likeness (QED) is 0.357. The number of thiophene rings is 1. The lowest BCUT2D eigenvalue weighted by molar-refractivity contribution is -0.115. The summed E-state index contributed by atoms with van der Waals surface area (Å²) in [5.41, 5.74) is 2.06. The Labute approximate surface area is 216 Å². The van der Waals surface area contributed by atoms with Crippen molar-refractivity contribution in [3.63, 3.8) is 0 Å². The summed E-state index contributed by atoms with van der Waals surface area (Å²) in [5, 5.41) is 2.89. The van der Waals surface area contributed by atoms with Crippen LogP contribution in [0.2, 0.25) is 0 Å². The summed E-state index contributed by atoms with van der Waals surface area (Å²) >= 11 is 2.56. The number of ether oxygens (including phenoxy) is 1. The van der Waals surface area contributed by atoms with Gasteiger partial charge in [-0.2, -0.15) is 4.99 Å². The molecular weight excluding hydrogens is 522 g/mol. The third kappa shape index (κ3) is 5.93. The molecule has 12 heteroatoms. The third-order valence-corrected chi connectivity index (χ3v) is 9.49. The van der Waals surface area contributed by atoms with Gasteiger partial charge in [0.1, 0.15) is 16.5 Å². The zero-order valence-corrected chi connectivity index (χ0v) is 22.5. The van der Waals surface area contributed by atoms with Crippen molar-refractivity contribution in [2.75, 3.05) is 23.4 Å². The van der Waals surface area contributed by atoms with E-state index in [0.717, 1.165) is 46.3 Å². The number of carbonyl (C=O) groups excluding carboxylic acids is 3. The van der Waals surface area contributed by atoms with Crippen LogP contribution in [0.3, 0.4) is 0 Å². The van der Waals surface area contributed by atoms with Crippen molar-refractivity contribution in [3.8, 4) is 0 Å². The summed E-state index contributed by atoms with van der Waals surface area (Å²) in [4.78, 5) is 43.1. The molecule has 0 saturated heterocycles. The van der Waals surface area contributed by atoms with Crippen LogP contribution in [0.15, 0.2) is 29.3 Å². The van der Waals surface area contributed by atoms with E-state index in [9.17, 15) is 22.8 Å². The van der Waals surface area contributed by atoms with E-state index in [2.05, 4.69) is 10.3 Å². The molecule has 1 aliphatic carbocycles. The van der Waals surface area contributed by atoms with E-state index in [4.69, 9.17) is 4.74 Å². The van der Waals surface area contributed by atoms with Gasteiger partial charge in [0.05, 0.1) is 22.4 Å². The lowest BCUT2D eigenvalue weighted by Gasteiger charge is -2.08. The molecule has 0 fully saturated rings. The fraction of sp³-hybridized carbons (Fsp3) is 0.417. The number of aromatic nitrogens is 1. The number of rotatable bonds is 7. The first-order valence-corrected chi connectivity index (χ1v) is 15.1. The molecule has 0 bridgehead atoms. The molecular formula is C24H27N3O6S3. The van der Waals surface area contributed by atoms with E-state index in [1.807, 2.05) is 24.3 Å². The number of thiazole rings is 1. The number of carbonyl (C=O) groups is 3. The summed E-state index contributed by atoms with van der Waals surface area (Å²) in [6, 6.07) is 7.50. The van der Waals surface area contributed by atoms with Gasteiger partial charge in [-0.3, -0.25) is 9.59 Å². The number of sulfone groups is 1. The SMILES string of the molecule is CCOC(=O)c1c(NC(=O)CS(=O)(=O)CC(=O)N=c2sc3ccccc3n2C)sc2c1CCCCC2. The van der Waals surface area contributed by atoms with Crippen molar-refractivity contribution in [2.24, 2.45) is 12.0 Å². The van der Waals surface area contributed by atoms with Crippen LogP contribution in [-0.2, 0) is 44.1 Å². The number of fused-ring (bicyclic) bond motifs is 2. The van der Waals surface area contributed by atoms with Gasteiger partial charge in [0.25, 0.3) is 5.91 Å². The van der Waals surface area contributed by atoms with Crippen molar-refractivity contribution in [2.45, 2.75) is 39.0 Å². The van der Waals surface area contributed by atoms with E-state index < -0.39 is 39.1 Å². The molecule has 9 nitrogen and oxygen atoms in total. The fourth-order valence-electron chi connectivity index (χ4n) is 4.18. The van der Waals surface area contributed by atoms with Crippen molar-refractivity contribution < 1.29 is 27.5 Å². The van der Waals surface area contributed by atoms with Crippen LogP contribution in [-0.4, -0.2) is 48.9 Å². The highest BCUT2D eigenvalue weighted by Crippen LogP contribution is 2.38. The predicted molar refractivity (Wildman–Crippen MR) is 140 cm³/mol. The van der Waals surface area contributed by atoms with Crippen LogP contribution in [0.5, 0.6) is 0 Å². The monoisotopic (exact) mass is 549 g/mol. The van der Waals surface area contributed by atoms with Gasteiger partial charge in [-0.05, 0) is 50.3 Å². The van der Waals surface area contributed by atoms with Crippen LogP contribution >= 0.6 is 22.7 Å². The number of nitrogens with zero attached hydrogens (tertiary/aromatic N) is 2. The average molecular weight is 550 g/mol. The Balaban J connectivity index is 1.49. The highest BCUT2D eigenvalue weighted by atomic mass is 32.2. The van der Waals surface area contributed by atoms with Crippen molar-refractivity contribution in [1.29, 1.82) is 0 Å². The second kappa shape index (κ2) is 11.1. The highest BCUT2D eigenvalue weighted by Gasteiger charge is 2.28. The number of esters is 1. The van der Waals surface area contributed by atoms with Crippen LogP contribution in [0.1, 0.15) is 47.0 Å². The average Bonchev–Trinajstić information content (AvgIpc) is 3.19. The molecule has 0 saturated carbocycles. The Morgan fingerprint density at radius 1 is 1.08 bits per heavy atom. The smallest absolute Gasteiger partial charge is 0.341 e. The van der Waals surface area contributed by atoms with Crippen LogP contribution < -0.4 is 10.1 Å². The molecule has 1 N–H and O–H groups in total. The summed E-state index contributed by atoms with van der Waals surface area (Å²) in [6.07, 6.45) is 4.48. The zero-order valence-electron chi connectivity index (χ0n) is 20.0. The minimum atomic E-state index is -4.09. The first kappa shape index (κ1) is 26.2. The maximum Gasteiger partial charge on any atom is 0.341 e. The van der Waals surface area contributed by atoms with Crippen molar-refractivity contribution in [3.05, 3.63) is 45.1 Å². The first-order valence-electron chi connectivity index (χ1n) is 11.6. The molecule has 0 aliphatic heterocycles. The Morgan fingerprint density at radius 3 is 2.58 bits per heavy atom. The number of hydrogen-bond donors (Lipinski definition) is 1. The van der Waals surface area contributed by atoms with Crippen LogP contribution in [0.4, 0.5) is 5.00 Å². The minimum Gasteiger partial charge on any atom is -0.462 e. The van der Waals surface area contributed by atoms with Gasteiger partial charge in [-0.1, -0.05) is 29.9 Å². The van der Waals surface area contributed by atoms with Gasteiger partial charge < -0.3 is 14.6 Å². The summed E-state index contributed by atoms with van der Waals surface area (Å²) in [5.74, 6) is -3.96. The lowest BCUT2D eigenvalue weighted by Crippen LogP contribution is -2.28. The number of amides is 2. The fourth-order valence-corrected chi connectivity index (χ4v) is 7.52. The standard InChI is InChI=1S/C24H27N3O6S3/c1-3-33-23(30)21-15-9-5-4-6-11-17(15)34-22(21)25-19(28)13-36(31,32)14-20(29)26-24-27(2)16-10-7-8-12-18(16)35-24/h7-8,10,12H,3-6,9,11,13-14H2,1-2H3,(H,25,28). The van der Waals surface area contributed by atoms with Gasteiger partial charge in [-0.25, -0.2) is 13.2 Å². The number of hydrogen-bond acceptors (Lipinski definition) is 8. The molecule has 192 valence electrons. The van der Waals surface area contributed by atoms with Crippen LogP contribution in [0, 0.1) is 0 Å². The Morgan fingerprint density at radius 2 is 1.83 bits per heavy atom. The molecule has 2 aromatic heterocycles. The molecule has 0 atom stereocenters. The second-order valence-corrected chi connectivity index (χ2v) is 12.7. The Bertz CT molecular complexity index is 1500. The molecule has 1 aliphatic rings. The second-order valence-electron chi connectivity index (χ2n) is 8.49. The van der Waals surface area contributed by atoms with Crippen molar-refractivity contribution >= 4 is 65.5 Å². The van der Waals surface area contributed by atoms with Gasteiger partial charge >= 0.3 is 5.97 Å². The summed E-state index contributed by atoms with van der Waals surface area (Å²) < 4.78 is 33.1.